The average Bonchev–Trinajstić information content (AvgIpc) is 3.01. The number of hydrogen-bond acceptors (Lipinski definition) is 2. The third-order valence-electron chi connectivity index (χ3n) is 5.39. The lowest BCUT2D eigenvalue weighted by Gasteiger charge is -2.21. The highest BCUT2D eigenvalue weighted by Crippen LogP contribution is 2.29. The molecule has 0 radical (unpaired) electrons. The van der Waals surface area contributed by atoms with E-state index in [1.165, 1.54) is 11.0 Å². The van der Waals surface area contributed by atoms with E-state index in [1.54, 1.807) is 12.1 Å². The number of carbonyl (C=O) groups excluding carboxylic acids is 1. The molecule has 1 amide bonds. The van der Waals surface area contributed by atoms with Crippen LogP contribution in [-0.4, -0.2) is 33.0 Å². The Morgan fingerprint density at radius 1 is 1.03 bits per heavy atom. The normalized spacial score (nSPS) is 11.2. The van der Waals surface area contributed by atoms with Gasteiger partial charge in [0.05, 0.1) is 6.42 Å². The highest BCUT2D eigenvalue weighted by atomic mass is 79.9. The summed E-state index contributed by atoms with van der Waals surface area (Å²) in [5.74, 6) is -2.01. The molecule has 0 aliphatic heterocycles. The Morgan fingerprint density at radius 3 is 2.52 bits per heavy atom. The number of rotatable bonds is 6. The van der Waals surface area contributed by atoms with E-state index in [0.717, 1.165) is 27.4 Å². The number of hydrogen-bond donors (Lipinski definition) is 1. The molecule has 0 fully saturated rings. The van der Waals surface area contributed by atoms with Crippen LogP contribution >= 0.6 is 15.9 Å². The predicted octanol–water partition coefficient (Wildman–Crippen LogP) is 4.89. The number of amides is 1. The third-order valence-corrected chi connectivity index (χ3v) is 5.88. The molecule has 7 heteroatoms. The van der Waals surface area contributed by atoms with E-state index < -0.39 is 18.3 Å². The maximum absolute atomic E-state index is 14.2. The number of aryl methyl sites for hydroxylation is 1. The van der Waals surface area contributed by atoms with Crippen molar-refractivity contribution < 1.29 is 19.1 Å². The number of benzene rings is 3. The molecule has 1 heterocycles. The monoisotopic (exact) mass is 482 g/mol. The fourth-order valence-electron chi connectivity index (χ4n) is 3.85. The van der Waals surface area contributed by atoms with Crippen molar-refractivity contribution >= 4 is 49.6 Å². The van der Waals surface area contributed by atoms with Gasteiger partial charge in [-0.1, -0.05) is 52.3 Å². The molecule has 158 valence electrons. The summed E-state index contributed by atoms with van der Waals surface area (Å²) in [5.41, 5.74) is 3.13. The van der Waals surface area contributed by atoms with Gasteiger partial charge in [-0.25, -0.2) is 4.39 Å². The SMILES string of the molecule is Cn1c2ccccc2c2ccc(CC(=O)N(CC(=O)O)Cc3ccc(Br)cc3F)cc21. The van der Waals surface area contributed by atoms with Crippen molar-refractivity contribution in [3.63, 3.8) is 0 Å². The summed E-state index contributed by atoms with van der Waals surface area (Å²) in [6.45, 7) is -0.606. The van der Waals surface area contributed by atoms with Crippen LogP contribution in [0, 0.1) is 5.82 Å². The van der Waals surface area contributed by atoms with Crippen molar-refractivity contribution in [2.45, 2.75) is 13.0 Å². The standard InChI is InChI=1S/C24H20BrFN2O3/c1-27-21-5-3-2-4-18(21)19-9-6-15(10-22(19)27)11-23(29)28(14-24(30)31)13-16-7-8-17(25)12-20(16)26/h2-10,12H,11,13-14H2,1H3,(H,30,31). The molecule has 0 saturated carbocycles. The largest absolute Gasteiger partial charge is 0.480 e. The summed E-state index contributed by atoms with van der Waals surface area (Å²) >= 11 is 3.20. The fraction of sp³-hybridized carbons (Fsp3) is 0.167. The second-order valence-electron chi connectivity index (χ2n) is 7.48. The number of carboxylic acids is 1. The number of fused-ring (bicyclic) bond motifs is 3. The maximum atomic E-state index is 14.2. The molecule has 5 nitrogen and oxygen atoms in total. The average molecular weight is 483 g/mol. The van der Waals surface area contributed by atoms with Crippen molar-refractivity contribution in [1.29, 1.82) is 0 Å². The van der Waals surface area contributed by atoms with Crippen LogP contribution in [-0.2, 0) is 29.6 Å². The van der Waals surface area contributed by atoms with Gasteiger partial charge in [-0.05, 0) is 29.8 Å². The van der Waals surface area contributed by atoms with E-state index in [-0.39, 0.29) is 24.4 Å². The minimum Gasteiger partial charge on any atom is -0.480 e. The highest BCUT2D eigenvalue weighted by Gasteiger charge is 2.20. The van der Waals surface area contributed by atoms with E-state index in [1.807, 2.05) is 43.4 Å². The van der Waals surface area contributed by atoms with Gasteiger partial charge in [0.1, 0.15) is 12.4 Å². The van der Waals surface area contributed by atoms with Crippen molar-refractivity contribution in [3.05, 3.63) is 82.1 Å². The Balaban J connectivity index is 1.61. The number of carboxylic acid groups (broad SMARTS) is 1. The number of aromatic nitrogens is 1. The van der Waals surface area contributed by atoms with Gasteiger partial charge in [0.2, 0.25) is 5.91 Å². The molecule has 0 spiro atoms. The van der Waals surface area contributed by atoms with Crippen molar-refractivity contribution in [2.75, 3.05) is 6.54 Å². The summed E-state index contributed by atoms with van der Waals surface area (Å²) in [6, 6.07) is 18.4. The molecule has 0 atom stereocenters. The summed E-state index contributed by atoms with van der Waals surface area (Å²) in [4.78, 5) is 25.4. The van der Waals surface area contributed by atoms with E-state index >= 15 is 0 Å². The molecule has 0 aliphatic rings. The zero-order valence-corrected chi connectivity index (χ0v) is 18.4. The molecule has 0 bridgehead atoms. The smallest absolute Gasteiger partial charge is 0.323 e. The second kappa shape index (κ2) is 8.51. The zero-order chi connectivity index (χ0) is 22.1. The van der Waals surface area contributed by atoms with Gasteiger partial charge in [-0.3, -0.25) is 9.59 Å². The molecule has 31 heavy (non-hydrogen) atoms. The first kappa shape index (κ1) is 21.1. The molecule has 4 rings (SSSR count). The van der Waals surface area contributed by atoms with Crippen molar-refractivity contribution in [1.82, 2.24) is 9.47 Å². The van der Waals surface area contributed by atoms with E-state index in [2.05, 4.69) is 26.6 Å². The summed E-state index contributed by atoms with van der Waals surface area (Å²) in [6.07, 6.45) is 0.0306. The quantitative estimate of drug-likeness (QED) is 0.425. The number of aliphatic carboxylic acids is 1. The van der Waals surface area contributed by atoms with Gasteiger partial charge >= 0.3 is 5.97 Å². The molecular formula is C24H20BrFN2O3. The van der Waals surface area contributed by atoms with Crippen LogP contribution in [0.2, 0.25) is 0 Å². The number of nitrogens with zero attached hydrogens (tertiary/aromatic N) is 2. The highest BCUT2D eigenvalue weighted by molar-refractivity contribution is 9.10. The molecule has 0 saturated heterocycles. The molecular weight excluding hydrogens is 463 g/mol. The molecule has 0 aliphatic carbocycles. The van der Waals surface area contributed by atoms with E-state index in [4.69, 9.17) is 0 Å². The Bertz CT molecular complexity index is 1320. The van der Waals surface area contributed by atoms with Crippen LogP contribution in [0.4, 0.5) is 4.39 Å². The second-order valence-corrected chi connectivity index (χ2v) is 8.40. The lowest BCUT2D eigenvalue weighted by atomic mass is 10.1. The lowest BCUT2D eigenvalue weighted by Crippen LogP contribution is -2.36. The van der Waals surface area contributed by atoms with Crippen LogP contribution in [0.1, 0.15) is 11.1 Å². The lowest BCUT2D eigenvalue weighted by molar-refractivity contribution is -0.144. The van der Waals surface area contributed by atoms with E-state index in [9.17, 15) is 19.1 Å². The van der Waals surface area contributed by atoms with Gasteiger partial charge < -0.3 is 14.6 Å². The topological polar surface area (TPSA) is 62.5 Å². The van der Waals surface area contributed by atoms with Gasteiger partial charge in [-0.2, -0.15) is 0 Å². The molecule has 1 N–H and O–H groups in total. The number of para-hydroxylation sites is 1. The summed E-state index contributed by atoms with van der Waals surface area (Å²) < 4.78 is 16.9. The number of halogens is 2. The third kappa shape index (κ3) is 4.32. The van der Waals surface area contributed by atoms with Crippen molar-refractivity contribution in [3.8, 4) is 0 Å². The molecule has 4 aromatic rings. The zero-order valence-electron chi connectivity index (χ0n) is 16.8. The Labute approximate surface area is 186 Å². The van der Waals surface area contributed by atoms with Gasteiger partial charge in [0.15, 0.2) is 0 Å². The maximum Gasteiger partial charge on any atom is 0.323 e. The Kier molecular flexibility index (Phi) is 5.78. The summed E-state index contributed by atoms with van der Waals surface area (Å²) in [5, 5.41) is 11.5. The number of carbonyl (C=O) groups is 2. The van der Waals surface area contributed by atoms with Crippen LogP contribution in [0.15, 0.2) is 65.1 Å². The van der Waals surface area contributed by atoms with Crippen LogP contribution in [0.5, 0.6) is 0 Å². The van der Waals surface area contributed by atoms with Gasteiger partial charge in [-0.15, -0.1) is 0 Å². The van der Waals surface area contributed by atoms with E-state index in [0.29, 0.717) is 4.47 Å². The van der Waals surface area contributed by atoms with Gasteiger partial charge in [0, 0.05) is 45.4 Å². The first-order valence-electron chi connectivity index (χ1n) is 9.73. The van der Waals surface area contributed by atoms with Gasteiger partial charge in [0.25, 0.3) is 0 Å². The fourth-order valence-corrected chi connectivity index (χ4v) is 4.19. The molecule has 3 aromatic carbocycles. The minimum absolute atomic E-state index is 0.0306. The first-order valence-corrected chi connectivity index (χ1v) is 10.5. The first-order chi connectivity index (χ1) is 14.8. The predicted molar refractivity (Wildman–Crippen MR) is 121 cm³/mol. The van der Waals surface area contributed by atoms with Crippen molar-refractivity contribution in [2.24, 2.45) is 7.05 Å². The minimum atomic E-state index is -1.14. The molecule has 1 aromatic heterocycles. The summed E-state index contributed by atoms with van der Waals surface area (Å²) in [7, 11) is 1.98. The molecule has 0 unspecified atom stereocenters. The van der Waals surface area contributed by atoms with Crippen LogP contribution in [0.25, 0.3) is 21.8 Å². The Morgan fingerprint density at radius 2 is 1.77 bits per heavy atom. The Hall–Kier alpha value is -3.19. The van der Waals surface area contributed by atoms with Crippen LogP contribution < -0.4 is 0 Å². The van der Waals surface area contributed by atoms with Crippen LogP contribution in [0.3, 0.4) is 0 Å².